The third-order valence-electron chi connectivity index (χ3n) is 4.37. The summed E-state index contributed by atoms with van der Waals surface area (Å²) in [4.78, 5) is 27.1. The highest BCUT2D eigenvalue weighted by Gasteiger charge is 2.52. The van der Waals surface area contributed by atoms with Crippen molar-refractivity contribution in [3.8, 4) is 0 Å². The van der Waals surface area contributed by atoms with E-state index >= 15 is 0 Å². The molecule has 1 saturated heterocycles. The zero-order chi connectivity index (χ0) is 20.5. The van der Waals surface area contributed by atoms with Crippen molar-refractivity contribution < 1.29 is 23.6 Å². The number of nitrogens with one attached hydrogen (secondary N) is 1. The minimum atomic E-state index is -0.647. The van der Waals surface area contributed by atoms with Crippen LogP contribution in [0.5, 0.6) is 0 Å². The topological polar surface area (TPSA) is 86.8 Å². The fourth-order valence-corrected chi connectivity index (χ4v) is 2.87. The molecule has 0 radical (unpaired) electrons. The van der Waals surface area contributed by atoms with Crippen molar-refractivity contribution in [1.29, 1.82) is 0 Å². The number of ether oxygens (including phenoxy) is 1. The lowest BCUT2D eigenvalue weighted by Gasteiger charge is -2.32. The lowest BCUT2D eigenvalue weighted by Crippen LogP contribution is -2.41. The van der Waals surface area contributed by atoms with Crippen molar-refractivity contribution >= 4 is 36.9 Å². The number of rotatable bonds is 5. The maximum Gasteiger partial charge on any atom is 0.492 e. The van der Waals surface area contributed by atoms with Crippen LogP contribution in [-0.2, 0) is 14.0 Å². The second-order valence-electron chi connectivity index (χ2n) is 8.39. The third kappa shape index (κ3) is 5.63. The largest absolute Gasteiger partial charge is 0.492 e. The molecule has 2 rings (SSSR count). The number of hydrogen-bond acceptors (Lipinski definition) is 7. The van der Waals surface area contributed by atoms with Crippen LogP contribution in [0.4, 0.5) is 4.79 Å². The van der Waals surface area contributed by atoms with E-state index in [4.69, 9.17) is 14.0 Å². The van der Waals surface area contributed by atoms with Gasteiger partial charge in [-0.1, -0.05) is 0 Å². The zero-order valence-electron chi connectivity index (χ0n) is 16.9. The number of carbonyl (C=O) groups is 2. The predicted molar refractivity (Wildman–Crippen MR) is 106 cm³/mol. The molecular formula is C18H27BN2O5S. The van der Waals surface area contributed by atoms with Crippen LogP contribution >= 0.6 is 11.3 Å². The predicted octanol–water partition coefficient (Wildman–Crippen LogP) is 3.50. The summed E-state index contributed by atoms with van der Waals surface area (Å²) in [5.74, 6) is 0. The van der Waals surface area contributed by atoms with Crippen molar-refractivity contribution in [3.05, 3.63) is 21.6 Å². The van der Waals surface area contributed by atoms with Crippen LogP contribution in [0.1, 0.15) is 64.0 Å². The van der Waals surface area contributed by atoms with Crippen LogP contribution in [0, 0.1) is 0 Å². The average molecular weight is 394 g/mol. The minimum Gasteiger partial charge on any atom is -0.444 e. The molecule has 7 nitrogen and oxygen atoms in total. The summed E-state index contributed by atoms with van der Waals surface area (Å²) in [6.07, 6.45) is 1.94. The summed E-state index contributed by atoms with van der Waals surface area (Å²) in [6.45, 7) is 13.4. The second kappa shape index (κ2) is 7.73. The summed E-state index contributed by atoms with van der Waals surface area (Å²) >= 11 is 1.25. The zero-order valence-corrected chi connectivity index (χ0v) is 17.7. The van der Waals surface area contributed by atoms with Crippen molar-refractivity contribution in [2.75, 3.05) is 6.54 Å². The smallest absolute Gasteiger partial charge is 0.444 e. The van der Waals surface area contributed by atoms with Gasteiger partial charge in [-0.3, -0.25) is 4.79 Å². The second-order valence-corrected chi connectivity index (χ2v) is 9.28. The molecule has 0 aliphatic carbocycles. The molecule has 1 N–H and O–H groups in total. The molecule has 1 aliphatic heterocycles. The first-order valence-electron chi connectivity index (χ1n) is 8.77. The van der Waals surface area contributed by atoms with Crippen LogP contribution in [0.3, 0.4) is 0 Å². The summed E-state index contributed by atoms with van der Waals surface area (Å²) in [5.41, 5.74) is -0.330. The number of amides is 1. The minimum absolute atomic E-state index is 0.166. The Morgan fingerprint density at radius 1 is 1.30 bits per heavy atom. The number of aromatic nitrogens is 1. The van der Waals surface area contributed by atoms with Gasteiger partial charge in [0.05, 0.1) is 16.9 Å². The van der Waals surface area contributed by atoms with Gasteiger partial charge in [-0.25, -0.2) is 9.78 Å². The Bertz CT molecular complexity index is 720. The molecule has 1 aromatic heterocycles. The molecule has 0 bridgehead atoms. The fraction of sp³-hybridized carbons (Fsp3) is 0.611. The quantitative estimate of drug-likeness (QED) is 0.608. The Morgan fingerprint density at radius 3 is 2.37 bits per heavy atom. The highest BCUT2D eigenvalue weighted by Crippen LogP contribution is 2.38. The molecule has 148 valence electrons. The molecule has 1 amide bonds. The molecule has 27 heavy (non-hydrogen) atoms. The molecule has 1 aromatic rings. The highest BCUT2D eigenvalue weighted by atomic mass is 32.1. The first kappa shape index (κ1) is 21.6. The number of nitrogens with zero attached hydrogens (tertiary/aromatic N) is 1. The van der Waals surface area contributed by atoms with Gasteiger partial charge in [0.15, 0.2) is 11.3 Å². The first-order valence-corrected chi connectivity index (χ1v) is 9.64. The summed E-state index contributed by atoms with van der Waals surface area (Å²) in [6, 6.07) is 0. The first-order chi connectivity index (χ1) is 12.3. The van der Waals surface area contributed by atoms with Crippen LogP contribution in [0.2, 0.25) is 0 Å². The van der Waals surface area contributed by atoms with Crippen LogP contribution < -0.4 is 5.32 Å². The molecule has 1 fully saturated rings. The molecule has 0 aromatic carbocycles. The standard InChI is InChI=1S/C18H27BN2O5S/c1-16(2,3)24-15(23)20-9-12(8-13-11-27-14(10-22)21-13)19-25-17(4,5)18(6,7)26-19/h8,10-11H,9H2,1-7H3,(H,20,23). The molecule has 0 atom stereocenters. The number of aldehydes is 1. The van der Waals surface area contributed by atoms with Crippen LogP contribution in [0.15, 0.2) is 10.9 Å². The SMILES string of the molecule is CC(C)(C)OC(=O)NCC(=Cc1csc(C=O)n1)B1OC(C)(C)C(C)(C)O1. The number of carbonyl (C=O) groups excluding carboxylic acids is 2. The van der Waals surface area contributed by atoms with Gasteiger partial charge in [0.1, 0.15) is 5.60 Å². The average Bonchev–Trinajstić information content (AvgIpc) is 3.03. The Labute approximate surface area is 164 Å². The van der Waals surface area contributed by atoms with Gasteiger partial charge in [-0.2, -0.15) is 0 Å². The number of thiazole rings is 1. The van der Waals surface area contributed by atoms with E-state index in [1.807, 2.05) is 27.7 Å². The lowest BCUT2D eigenvalue weighted by molar-refractivity contribution is 0.00578. The van der Waals surface area contributed by atoms with E-state index < -0.39 is 30.0 Å². The number of alkyl carbamates (subject to hydrolysis) is 1. The normalized spacial score (nSPS) is 19.1. The molecule has 1 aliphatic rings. The number of hydrogen-bond donors (Lipinski definition) is 1. The Hall–Kier alpha value is -1.71. The van der Waals surface area contributed by atoms with E-state index in [0.29, 0.717) is 22.5 Å². The van der Waals surface area contributed by atoms with E-state index in [1.54, 1.807) is 32.2 Å². The molecular weight excluding hydrogens is 367 g/mol. The summed E-state index contributed by atoms with van der Waals surface area (Å²) < 4.78 is 17.5. The van der Waals surface area contributed by atoms with Gasteiger partial charge < -0.3 is 19.4 Å². The third-order valence-corrected chi connectivity index (χ3v) is 5.15. The van der Waals surface area contributed by atoms with Gasteiger partial charge in [-0.05, 0) is 60.0 Å². The monoisotopic (exact) mass is 394 g/mol. The summed E-state index contributed by atoms with van der Waals surface area (Å²) in [5, 5.41) is 4.88. The fourth-order valence-electron chi connectivity index (χ4n) is 2.30. The maximum atomic E-state index is 12.0. The van der Waals surface area contributed by atoms with Gasteiger partial charge in [-0.15, -0.1) is 11.3 Å². The van der Waals surface area contributed by atoms with Crippen LogP contribution in [0.25, 0.3) is 6.08 Å². The highest BCUT2D eigenvalue weighted by molar-refractivity contribution is 7.11. The van der Waals surface area contributed by atoms with E-state index in [2.05, 4.69) is 10.3 Å². The van der Waals surface area contributed by atoms with E-state index in [-0.39, 0.29) is 6.54 Å². The molecule has 0 unspecified atom stereocenters. The Kier molecular flexibility index (Phi) is 6.18. The summed E-state index contributed by atoms with van der Waals surface area (Å²) in [7, 11) is -0.647. The van der Waals surface area contributed by atoms with Crippen molar-refractivity contribution in [1.82, 2.24) is 10.3 Å². The Morgan fingerprint density at radius 2 is 1.89 bits per heavy atom. The van der Waals surface area contributed by atoms with Crippen molar-refractivity contribution in [2.24, 2.45) is 0 Å². The van der Waals surface area contributed by atoms with Crippen LogP contribution in [-0.4, -0.2) is 47.8 Å². The molecule has 0 spiro atoms. The van der Waals surface area contributed by atoms with Gasteiger partial charge >= 0.3 is 13.2 Å². The van der Waals surface area contributed by atoms with E-state index in [0.717, 1.165) is 0 Å². The molecule has 9 heteroatoms. The maximum absolute atomic E-state index is 12.0. The molecule has 0 saturated carbocycles. The lowest BCUT2D eigenvalue weighted by atomic mass is 9.77. The van der Waals surface area contributed by atoms with E-state index in [1.165, 1.54) is 11.3 Å². The van der Waals surface area contributed by atoms with Gasteiger partial charge in [0, 0.05) is 11.9 Å². The Balaban J connectivity index is 2.21. The van der Waals surface area contributed by atoms with Crippen molar-refractivity contribution in [3.63, 3.8) is 0 Å². The van der Waals surface area contributed by atoms with Crippen molar-refractivity contribution in [2.45, 2.75) is 65.3 Å². The van der Waals surface area contributed by atoms with Gasteiger partial charge in [0.25, 0.3) is 0 Å². The molecule has 2 heterocycles. The van der Waals surface area contributed by atoms with Gasteiger partial charge in [0.2, 0.25) is 0 Å². The van der Waals surface area contributed by atoms with E-state index in [9.17, 15) is 9.59 Å².